The fraction of sp³-hybridized carbons (Fsp3) is 0.529. The van der Waals surface area contributed by atoms with Crippen molar-refractivity contribution in [2.45, 2.75) is 45.6 Å². The molecule has 0 bridgehead atoms. The summed E-state index contributed by atoms with van der Waals surface area (Å²) in [5.41, 5.74) is 0. The van der Waals surface area contributed by atoms with Crippen molar-refractivity contribution in [3.63, 3.8) is 0 Å². The highest BCUT2D eigenvalue weighted by Crippen LogP contribution is 2.35. The summed E-state index contributed by atoms with van der Waals surface area (Å²) >= 11 is 6.71. The molecule has 0 radical (unpaired) electrons. The van der Waals surface area contributed by atoms with Crippen molar-refractivity contribution >= 4 is 46.2 Å². The van der Waals surface area contributed by atoms with Gasteiger partial charge in [-0.3, -0.25) is 9.69 Å². The van der Waals surface area contributed by atoms with Gasteiger partial charge in [-0.25, -0.2) is 0 Å². The molecule has 0 aromatic carbocycles. The van der Waals surface area contributed by atoms with E-state index in [1.807, 2.05) is 25.1 Å². The van der Waals surface area contributed by atoms with Crippen LogP contribution in [0.1, 0.15) is 45.3 Å². The van der Waals surface area contributed by atoms with Gasteiger partial charge in [0.1, 0.15) is 10.1 Å². The monoisotopic (exact) mass is 350 g/mol. The second-order valence-electron chi connectivity index (χ2n) is 6.03. The van der Waals surface area contributed by atoms with Crippen LogP contribution >= 0.6 is 24.0 Å². The lowest BCUT2D eigenvalue weighted by Crippen LogP contribution is -2.36. The lowest BCUT2D eigenvalue weighted by atomic mass is 10.1. The van der Waals surface area contributed by atoms with Crippen LogP contribution in [-0.2, 0) is 4.79 Å². The van der Waals surface area contributed by atoms with Crippen LogP contribution < -0.4 is 4.90 Å². The topological polar surface area (TPSA) is 36.7 Å². The van der Waals surface area contributed by atoms with Crippen LogP contribution in [0.4, 0.5) is 5.88 Å². The Hall–Kier alpha value is -1.27. The third-order valence-corrected chi connectivity index (χ3v) is 5.74. The number of amides is 1. The van der Waals surface area contributed by atoms with Gasteiger partial charge in [-0.1, -0.05) is 30.9 Å². The van der Waals surface area contributed by atoms with Gasteiger partial charge in [0.15, 0.2) is 5.88 Å². The molecule has 23 heavy (non-hydrogen) atoms. The quantitative estimate of drug-likeness (QED) is 0.599. The van der Waals surface area contributed by atoms with E-state index in [-0.39, 0.29) is 11.9 Å². The van der Waals surface area contributed by atoms with Crippen LogP contribution in [0, 0.1) is 0 Å². The molecule has 4 nitrogen and oxygen atoms in total. The molecule has 1 aromatic rings. The van der Waals surface area contributed by atoms with Crippen molar-refractivity contribution in [1.82, 2.24) is 4.90 Å². The molecule has 1 amide bonds. The number of carbonyl (C=O) groups is 1. The van der Waals surface area contributed by atoms with Crippen LogP contribution in [0.15, 0.2) is 21.5 Å². The zero-order valence-electron chi connectivity index (χ0n) is 13.6. The predicted octanol–water partition coefficient (Wildman–Crippen LogP) is 4.27. The van der Waals surface area contributed by atoms with E-state index in [0.717, 1.165) is 31.2 Å². The Labute approximate surface area is 146 Å². The first kappa shape index (κ1) is 16.6. The van der Waals surface area contributed by atoms with Gasteiger partial charge in [-0.05, 0) is 38.7 Å². The van der Waals surface area contributed by atoms with Crippen molar-refractivity contribution in [3.8, 4) is 0 Å². The molecule has 0 saturated carbocycles. The largest absolute Gasteiger partial charge is 0.441 e. The van der Waals surface area contributed by atoms with Crippen molar-refractivity contribution in [2.75, 3.05) is 18.0 Å². The van der Waals surface area contributed by atoms with E-state index < -0.39 is 0 Å². The normalized spacial score (nSPS) is 22.3. The average Bonchev–Trinajstić information content (AvgIpc) is 3.13. The van der Waals surface area contributed by atoms with Crippen molar-refractivity contribution in [3.05, 3.63) is 22.8 Å². The maximum Gasteiger partial charge on any atom is 0.266 e. The summed E-state index contributed by atoms with van der Waals surface area (Å²) in [5, 5.41) is 0. The van der Waals surface area contributed by atoms with E-state index in [1.54, 1.807) is 4.90 Å². The van der Waals surface area contributed by atoms with E-state index in [2.05, 4.69) is 11.8 Å². The Balaban J connectivity index is 1.76. The van der Waals surface area contributed by atoms with Gasteiger partial charge >= 0.3 is 0 Å². The Morgan fingerprint density at radius 1 is 1.35 bits per heavy atom. The molecular formula is C17H22N2O2S2. The predicted molar refractivity (Wildman–Crippen MR) is 99.5 cm³/mol. The summed E-state index contributed by atoms with van der Waals surface area (Å²) in [6.45, 7) is 6.17. The minimum absolute atomic E-state index is 0.00901. The second kappa shape index (κ2) is 7.09. The number of carbonyl (C=O) groups excluding carboxylic acids is 1. The molecule has 2 saturated heterocycles. The third kappa shape index (κ3) is 3.48. The first-order valence-electron chi connectivity index (χ1n) is 8.22. The lowest BCUT2D eigenvalue weighted by Gasteiger charge is -2.25. The zero-order chi connectivity index (χ0) is 16.4. The smallest absolute Gasteiger partial charge is 0.266 e. The molecule has 2 fully saturated rings. The van der Waals surface area contributed by atoms with Gasteiger partial charge in [-0.2, -0.15) is 0 Å². The number of thiocarbonyl (C=S) groups is 1. The molecule has 2 aliphatic heterocycles. The van der Waals surface area contributed by atoms with Crippen LogP contribution in [0.2, 0.25) is 0 Å². The molecule has 1 atom stereocenters. The van der Waals surface area contributed by atoms with Crippen LogP contribution in [0.25, 0.3) is 6.08 Å². The number of hydrogen-bond acceptors (Lipinski definition) is 5. The zero-order valence-corrected chi connectivity index (χ0v) is 15.2. The van der Waals surface area contributed by atoms with Crippen LogP contribution in [-0.4, -0.2) is 34.3 Å². The Morgan fingerprint density at radius 3 is 2.78 bits per heavy atom. The molecular weight excluding hydrogens is 328 g/mol. The van der Waals surface area contributed by atoms with E-state index in [9.17, 15) is 4.79 Å². The van der Waals surface area contributed by atoms with Gasteiger partial charge in [0.05, 0.1) is 4.91 Å². The number of furan rings is 1. The average molecular weight is 351 g/mol. The molecule has 0 spiro atoms. The molecule has 2 aliphatic rings. The molecule has 3 rings (SSSR count). The first-order chi connectivity index (χ1) is 11.1. The SMILES string of the molecule is CCC(C)N1C(=O)/C(=C\c2ccc(N3CCCCC3)o2)SC1=S. The van der Waals surface area contributed by atoms with Crippen molar-refractivity contribution in [1.29, 1.82) is 0 Å². The van der Waals surface area contributed by atoms with Crippen molar-refractivity contribution in [2.24, 2.45) is 0 Å². The number of nitrogens with zero attached hydrogens (tertiary/aromatic N) is 2. The number of piperidine rings is 1. The van der Waals surface area contributed by atoms with Gasteiger partial charge < -0.3 is 9.32 Å². The summed E-state index contributed by atoms with van der Waals surface area (Å²) in [6.07, 6.45) is 6.42. The molecule has 3 heterocycles. The van der Waals surface area contributed by atoms with Gasteiger partial charge in [0.25, 0.3) is 5.91 Å². The fourth-order valence-electron chi connectivity index (χ4n) is 2.88. The Bertz CT molecular complexity index is 632. The highest BCUT2D eigenvalue weighted by atomic mass is 32.2. The maximum absolute atomic E-state index is 12.5. The van der Waals surface area contributed by atoms with E-state index in [0.29, 0.717) is 9.23 Å². The fourth-order valence-corrected chi connectivity index (χ4v) is 4.32. The van der Waals surface area contributed by atoms with E-state index >= 15 is 0 Å². The molecule has 1 unspecified atom stereocenters. The summed E-state index contributed by atoms with van der Waals surface area (Å²) in [5.74, 6) is 1.61. The number of anilines is 1. The molecule has 124 valence electrons. The standard InChI is InChI=1S/C17H22N2O2S2/c1-3-12(2)19-16(20)14(23-17(19)22)11-13-7-8-15(21-13)18-9-5-4-6-10-18/h7-8,11-12H,3-6,9-10H2,1-2H3/b14-11+. The minimum atomic E-state index is -0.00901. The highest BCUT2D eigenvalue weighted by molar-refractivity contribution is 8.26. The van der Waals surface area contributed by atoms with Crippen LogP contribution in [0.5, 0.6) is 0 Å². The van der Waals surface area contributed by atoms with Crippen LogP contribution in [0.3, 0.4) is 0 Å². The maximum atomic E-state index is 12.5. The van der Waals surface area contributed by atoms with Gasteiger partial charge in [-0.15, -0.1) is 0 Å². The second-order valence-corrected chi connectivity index (χ2v) is 7.71. The van der Waals surface area contributed by atoms with Gasteiger partial charge in [0.2, 0.25) is 0 Å². The summed E-state index contributed by atoms with van der Waals surface area (Å²) in [7, 11) is 0. The minimum Gasteiger partial charge on any atom is -0.441 e. The first-order valence-corrected chi connectivity index (χ1v) is 9.44. The van der Waals surface area contributed by atoms with E-state index in [1.165, 1.54) is 31.0 Å². The lowest BCUT2D eigenvalue weighted by molar-refractivity contribution is -0.123. The summed E-state index contributed by atoms with van der Waals surface area (Å²) < 4.78 is 6.55. The summed E-state index contributed by atoms with van der Waals surface area (Å²) in [4.78, 5) is 17.2. The Morgan fingerprint density at radius 2 is 2.09 bits per heavy atom. The summed E-state index contributed by atoms with van der Waals surface area (Å²) in [6, 6.07) is 4.06. The number of hydrogen-bond donors (Lipinski definition) is 0. The van der Waals surface area contributed by atoms with Gasteiger partial charge in [0, 0.05) is 31.3 Å². The Kier molecular flexibility index (Phi) is 5.11. The number of rotatable bonds is 4. The van der Waals surface area contributed by atoms with Crippen molar-refractivity contribution < 1.29 is 9.21 Å². The molecule has 1 aromatic heterocycles. The van der Waals surface area contributed by atoms with E-state index in [4.69, 9.17) is 16.6 Å². The number of thioether (sulfide) groups is 1. The third-order valence-electron chi connectivity index (χ3n) is 4.41. The molecule has 6 heteroatoms. The molecule has 0 N–H and O–H groups in total. The highest BCUT2D eigenvalue weighted by Gasteiger charge is 2.34. The molecule has 0 aliphatic carbocycles.